The first-order chi connectivity index (χ1) is 9.73. The van der Waals surface area contributed by atoms with Gasteiger partial charge in [0.25, 0.3) is 0 Å². The van der Waals surface area contributed by atoms with Crippen LogP contribution in [0, 0.1) is 0 Å². The third-order valence-electron chi connectivity index (χ3n) is 2.26. The molecule has 0 rings (SSSR count). The maximum absolute atomic E-state index is 11.9. The minimum absolute atomic E-state index is 0.255. The molecule has 0 aliphatic carbocycles. The predicted molar refractivity (Wildman–Crippen MR) is 83.4 cm³/mol. The van der Waals surface area contributed by atoms with Gasteiger partial charge in [0, 0.05) is 6.54 Å². The molecule has 0 saturated heterocycles. The summed E-state index contributed by atoms with van der Waals surface area (Å²) >= 11 is 0. The molecule has 120 valence electrons. The standard InChI is InChI=1S/C16H27NO4/c1-11(2)9-7-8-10-17-14(15(18)20-12(3)4)16(19)21-13(5)6/h9,12-13H,7-8,10H2,1-6H3. The highest BCUT2D eigenvalue weighted by molar-refractivity contribution is 6.62. The summed E-state index contributed by atoms with van der Waals surface area (Å²) in [6, 6.07) is 0. The lowest BCUT2D eigenvalue weighted by molar-refractivity contribution is -0.144. The van der Waals surface area contributed by atoms with E-state index >= 15 is 0 Å². The van der Waals surface area contributed by atoms with Gasteiger partial charge in [-0.1, -0.05) is 11.6 Å². The molecule has 0 saturated carbocycles. The van der Waals surface area contributed by atoms with Crippen LogP contribution in [0.3, 0.4) is 0 Å². The normalized spacial score (nSPS) is 10.3. The largest absolute Gasteiger partial charge is 0.458 e. The van der Waals surface area contributed by atoms with Crippen LogP contribution < -0.4 is 0 Å². The number of hydrogen-bond donors (Lipinski definition) is 0. The number of rotatable bonds is 8. The Bertz CT molecular complexity index is 381. The van der Waals surface area contributed by atoms with E-state index in [-0.39, 0.29) is 17.9 Å². The number of unbranched alkanes of at least 4 members (excludes halogenated alkanes) is 1. The molecule has 0 aliphatic heterocycles. The van der Waals surface area contributed by atoms with Crippen molar-refractivity contribution in [2.45, 2.75) is 66.6 Å². The van der Waals surface area contributed by atoms with Crippen LogP contribution >= 0.6 is 0 Å². The van der Waals surface area contributed by atoms with Crippen LogP contribution in [-0.4, -0.2) is 36.4 Å². The third kappa shape index (κ3) is 9.82. The SMILES string of the molecule is CC(C)=CCCCN=C(C(=O)OC(C)C)C(=O)OC(C)C. The summed E-state index contributed by atoms with van der Waals surface area (Å²) in [6.45, 7) is 11.3. The summed E-state index contributed by atoms with van der Waals surface area (Å²) < 4.78 is 10.1. The Kier molecular flexibility index (Phi) is 9.34. The van der Waals surface area contributed by atoms with Gasteiger partial charge >= 0.3 is 11.9 Å². The fourth-order valence-electron chi connectivity index (χ4n) is 1.43. The molecule has 0 radical (unpaired) electrons. The van der Waals surface area contributed by atoms with Crippen molar-refractivity contribution in [2.24, 2.45) is 4.99 Å². The highest BCUT2D eigenvalue weighted by Crippen LogP contribution is 2.01. The quantitative estimate of drug-likeness (QED) is 0.227. The van der Waals surface area contributed by atoms with Gasteiger partial charge in [-0.15, -0.1) is 0 Å². The smallest absolute Gasteiger partial charge is 0.364 e. The average molecular weight is 297 g/mol. The lowest BCUT2D eigenvalue weighted by atomic mass is 10.2. The van der Waals surface area contributed by atoms with Gasteiger partial charge in [-0.25, -0.2) is 9.59 Å². The Morgan fingerprint density at radius 2 is 1.48 bits per heavy atom. The summed E-state index contributed by atoms with van der Waals surface area (Å²) in [4.78, 5) is 27.8. The Balaban J connectivity index is 4.74. The number of hydrogen-bond acceptors (Lipinski definition) is 5. The number of esters is 2. The van der Waals surface area contributed by atoms with E-state index in [1.165, 1.54) is 5.57 Å². The number of carbonyl (C=O) groups excluding carboxylic acids is 2. The fraction of sp³-hybridized carbons (Fsp3) is 0.688. The number of nitrogens with zero attached hydrogens (tertiary/aromatic N) is 1. The van der Waals surface area contributed by atoms with Crippen LogP contribution in [0.15, 0.2) is 16.6 Å². The maximum atomic E-state index is 11.9. The fourth-order valence-corrected chi connectivity index (χ4v) is 1.43. The Hall–Kier alpha value is -1.65. The van der Waals surface area contributed by atoms with E-state index < -0.39 is 11.9 Å². The molecular weight excluding hydrogens is 270 g/mol. The van der Waals surface area contributed by atoms with Crippen LogP contribution in [0.25, 0.3) is 0 Å². The van der Waals surface area contributed by atoms with E-state index in [4.69, 9.17) is 9.47 Å². The number of aliphatic imine (C=N–C) groups is 1. The topological polar surface area (TPSA) is 65.0 Å². The molecule has 0 atom stereocenters. The first-order valence-electron chi connectivity index (χ1n) is 7.33. The molecule has 21 heavy (non-hydrogen) atoms. The van der Waals surface area contributed by atoms with Gasteiger partial charge in [-0.05, 0) is 54.4 Å². The lowest BCUT2D eigenvalue weighted by Crippen LogP contribution is -2.31. The van der Waals surface area contributed by atoms with E-state index in [0.29, 0.717) is 6.54 Å². The van der Waals surface area contributed by atoms with E-state index in [0.717, 1.165) is 12.8 Å². The van der Waals surface area contributed by atoms with Gasteiger partial charge in [0.1, 0.15) is 0 Å². The minimum atomic E-state index is -0.724. The van der Waals surface area contributed by atoms with Crippen LogP contribution in [-0.2, 0) is 19.1 Å². The van der Waals surface area contributed by atoms with Gasteiger partial charge in [0.2, 0.25) is 5.71 Å². The van der Waals surface area contributed by atoms with Crippen LogP contribution in [0.4, 0.5) is 0 Å². The first kappa shape index (κ1) is 19.4. The molecular formula is C16H27NO4. The van der Waals surface area contributed by atoms with Crippen LogP contribution in [0.2, 0.25) is 0 Å². The maximum Gasteiger partial charge on any atom is 0.364 e. The second kappa shape index (κ2) is 10.1. The van der Waals surface area contributed by atoms with Crippen molar-refractivity contribution in [3.05, 3.63) is 11.6 Å². The van der Waals surface area contributed by atoms with Gasteiger partial charge in [-0.3, -0.25) is 4.99 Å². The van der Waals surface area contributed by atoms with Crippen molar-refractivity contribution in [1.82, 2.24) is 0 Å². The molecule has 0 aromatic rings. The minimum Gasteiger partial charge on any atom is -0.458 e. The van der Waals surface area contributed by atoms with Crippen molar-refractivity contribution >= 4 is 17.7 Å². The molecule has 5 nitrogen and oxygen atoms in total. The molecule has 0 fully saturated rings. The predicted octanol–water partition coefficient (Wildman–Crippen LogP) is 3.08. The zero-order valence-corrected chi connectivity index (χ0v) is 13.9. The summed E-state index contributed by atoms with van der Waals surface area (Å²) in [7, 11) is 0. The average Bonchev–Trinajstić information content (AvgIpc) is 2.30. The second-order valence-electron chi connectivity index (χ2n) is 5.56. The van der Waals surface area contributed by atoms with E-state index in [1.54, 1.807) is 27.7 Å². The number of ether oxygens (including phenoxy) is 2. The van der Waals surface area contributed by atoms with Gasteiger partial charge in [-0.2, -0.15) is 0 Å². The van der Waals surface area contributed by atoms with Crippen molar-refractivity contribution in [3.8, 4) is 0 Å². The monoisotopic (exact) mass is 297 g/mol. The molecule has 0 aliphatic rings. The van der Waals surface area contributed by atoms with Gasteiger partial charge in [0.05, 0.1) is 12.2 Å². The zero-order valence-electron chi connectivity index (χ0n) is 13.9. The third-order valence-corrected chi connectivity index (χ3v) is 2.26. The van der Waals surface area contributed by atoms with Crippen LogP contribution in [0.5, 0.6) is 0 Å². The van der Waals surface area contributed by atoms with Gasteiger partial charge < -0.3 is 9.47 Å². The summed E-state index contributed by atoms with van der Waals surface area (Å²) in [6.07, 6.45) is 3.10. The molecule has 0 spiro atoms. The molecule has 0 bridgehead atoms. The molecule has 0 unspecified atom stereocenters. The molecule has 0 heterocycles. The molecule has 0 N–H and O–H groups in total. The Morgan fingerprint density at radius 1 is 1.00 bits per heavy atom. The van der Waals surface area contributed by atoms with E-state index in [9.17, 15) is 9.59 Å². The molecule has 0 aromatic carbocycles. The first-order valence-corrected chi connectivity index (χ1v) is 7.33. The van der Waals surface area contributed by atoms with Gasteiger partial charge in [0.15, 0.2) is 0 Å². The molecule has 0 aromatic heterocycles. The summed E-state index contributed by atoms with van der Waals surface area (Å²) in [5, 5.41) is 0. The van der Waals surface area contributed by atoms with Crippen molar-refractivity contribution in [2.75, 3.05) is 6.54 Å². The lowest BCUT2D eigenvalue weighted by Gasteiger charge is -2.11. The van der Waals surface area contributed by atoms with Crippen molar-refractivity contribution in [3.63, 3.8) is 0 Å². The molecule has 5 heteroatoms. The Labute approximate surface area is 127 Å². The Morgan fingerprint density at radius 3 is 1.86 bits per heavy atom. The number of allylic oxidation sites excluding steroid dienone is 2. The zero-order chi connectivity index (χ0) is 16.4. The van der Waals surface area contributed by atoms with E-state index in [1.807, 2.05) is 13.8 Å². The second-order valence-corrected chi connectivity index (χ2v) is 5.56. The highest BCUT2D eigenvalue weighted by atomic mass is 16.6. The summed E-state index contributed by atoms with van der Waals surface area (Å²) in [5.74, 6) is -1.45. The van der Waals surface area contributed by atoms with Crippen molar-refractivity contribution in [1.29, 1.82) is 0 Å². The van der Waals surface area contributed by atoms with Crippen LogP contribution in [0.1, 0.15) is 54.4 Å². The van der Waals surface area contributed by atoms with E-state index in [2.05, 4.69) is 11.1 Å². The highest BCUT2D eigenvalue weighted by Gasteiger charge is 2.25. The molecule has 0 amide bonds. The number of carbonyl (C=O) groups is 2. The summed E-state index contributed by atoms with van der Waals surface area (Å²) in [5.41, 5.74) is 0.979. The van der Waals surface area contributed by atoms with Crippen molar-refractivity contribution < 1.29 is 19.1 Å².